The van der Waals surface area contributed by atoms with E-state index in [0.717, 1.165) is 83.4 Å². The van der Waals surface area contributed by atoms with Crippen molar-refractivity contribution >= 4 is 43.7 Å². The maximum absolute atomic E-state index is 6.27. The predicted octanol–water partition coefficient (Wildman–Crippen LogP) is 13.8. The molecule has 0 aliphatic heterocycles. The maximum Gasteiger partial charge on any atom is 0.160 e. The molecule has 11 aromatic rings. The Kier molecular flexibility index (Phi) is 7.46. The first kappa shape index (κ1) is 31.9. The zero-order valence-corrected chi connectivity index (χ0v) is 30.3. The minimum atomic E-state index is 0.678. The fraction of sp³-hybridized carbons (Fsp3) is 0. The van der Waals surface area contributed by atoms with Gasteiger partial charge >= 0.3 is 0 Å². The van der Waals surface area contributed by atoms with Crippen molar-refractivity contribution in [2.45, 2.75) is 0 Å². The van der Waals surface area contributed by atoms with Crippen molar-refractivity contribution in [3.05, 3.63) is 200 Å². The lowest BCUT2D eigenvalue weighted by Crippen LogP contribution is -1.97. The van der Waals surface area contributed by atoms with Crippen LogP contribution in [-0.4, -0.2) is 14.5 Å². The van der Waals surface area contributed by atoms with Gasteiger partial charge in [0, 0.05) is 43.9 Å². The minimum Gasteiger partial charge on any atom is -0.456 e. The molecule has 0 unspecified atom stereocenters. The minimum absolute atomic E-state index is 0.678. The zero-order valence-electron chi connectivity index (χ0n) is 30.3. The first-order valence-corrected chi connectivity index (χ1v) is 18.9. The molecule has 0 amide bonds. The summed E-state index contributed by atoms with van der Waals surface area (Å²) in [6.45, 7) is 0. The van der Waals surface area contributed by atoms with Crippen LogP contribution in [0, 0.1) is 0 Å². The second-order valence-electron chi connectivity index (χ2n) is 14.2. The standard InChI is InChI=1S/C52H33N3O/c1-3-14-34(15-4-1)36-18-11-20-38(30-36)46-33-45(35-16-5-2-6-17-35)53-52(54-46)39-28-29-43-42-22-7-9-25-47(42)55(48(43)32-39)40-21-12-19-37(31-40)41-24-13-27-50-51(41)44-23-8-10-26-49(44)56-50/h1-33H. The number of hydrogen-bond acceptors (Lipinski definition) is 3. The Bertz CT molecular complexity index is 3250. The normalized spacial score (nSPS) is 11.6. The molecule has 56 heavy (non-hydrogen) atoms. The summed E-state index contributed by atoms with van der Waals surface area (Å²) in [5, 5.41) is 4.62. The van der Waals surface area contributed by atoms with E-state index in [9.17, 15) is 0 Å². The van der Waals surface area contributed by atoms with Crippen molar-refractivity contribution in [1.82, 2.24) is 14.5 Å². The molecule has 0 atom stereocenters. The van der Waals surface area contributed by atoms with E-state index in [2.05, 4.69) is 180 Å². The fourth-order valence-corrected chi connectivity index (χ4v) is 8.19. The van der Waals surface area contributed by atoms with Gasteiger partial charge in [0.1, 0.15) is 11.2 Å². The molecule has 3 aromatic heterocycles. The van der Waals surface area contributed by atoms with Crippen LogP contribution < -0.4 is 0 Å². The first-order valence-electron chi connectivity index (χ1n) is 18.9. The van der Waals surface area contributed by atoms with Gasteiger partial charge in [-0.05, 0) is 70.8 Å². The van der Waals surface area contributed by atoms with Crippen molar-refractivity contribution in [2.75, 3.05) is 0 Å². The van der Waals surface area contributed by atoms with E-state index in [1.54, 1.807) is 0 Å². The summed E-state index contributed by atoms with van der Waals surface area (Å²) < 4.78 is 8.64. The summed E-state index contributed by atoms with van der Waals surface area (Å²) in [7, 11) is 0. The van der Waals surface area contributed by atoms with Crippen LogP contribution in [0.2, 0.25) is 0 Å². The Hall–Kier alpha value is -7.56. The van der Waals surface area contributed by atoms with Gasteiger partial charge in [-0.2, -0.15) is 0 Å². The quantitative estimate of drug-likeness (QED) is 0.172. The third-order valence-electron chi connectivity index (χ3n) is 10.8. The molecule has 8 aromatic carbocycles. The number of furan rings is 1. The molecule has 0 fully saturated rings. The van der Waals surface area contributed by atoms with E-state index in [-0.39, 0.29) is 0 Å². The van der Waals surface area contributed by atoms with Crippen LogP contribution in [0.15, 0.2) is 205 Å². The van der Waals surface area contributed by atoms with E-state index in [4.69, 9.17) is 14.4 Å². The number of nitrogens with zero attached hydrogens (tertiary/aromatic N) is 3. The number of fused-ring (bicyclic) bond motifs is 6. The molecule has 0 saturated carbocycles. The molecule has 0 aliphatic carbocycles. The number of para-hydroxylation sites is 2. The molecule has 0 saturated heterocycles. The molecule has 0 aliphatic rings. The highest BCUT2D eigenvalue weighted by Gasteiger charge is 2.18. The molecule has 4 heteroatoms. The van der Waals surface area contributed by atoms with E-state index in [1.165, 1.54) is 16.3 Å². The second-order valence-corrected chi connectivity index (χ2v) is 14.2. The molecule has 262 valence electrons. The number of hydrogen-bond donors (Lipinski definition) is 0. The summed E-state index contributed by atoms with van der Waals surface area (Å²) >= 11 is 0. The summed E-state index contributed by atoms with van der Waals surface area (Å²) in [6.07, 6.45) is 0. The molecule has 3 heterocycles. The molecule has 0 N–H and O–H groups in total. The van der Waals surface area contributed by atoms with E-state index >= 15 is 0 Å². The maximum atomic E-state index is 6.27. The van der Waals surface area contributed by atoms with Gasteiger partial charge in [0.05, 0.1) is 22.4 Å². The van der Waals surface area contributed by atoms with Crippen molar-refractivity contribution in [3.63, 3.8) is 0 Å². The highest BCUT2D eigenvalue weighted by atomic mass is 16.3. The summed E-state index contributed by atoms with van der Waals surface area (Å²) in [4.78, 5) is 10.5. The van der Waals surface area contributed by atoms with Crippen molar-refractivity contribution in [2.24, 2.45) is 0 Å². The van der Waals surface area contributed by atoms with Crippen molar-refractivity contribution < 1.29 is 4.42 Å². The average molecular weight is 716 g/mol. The lowest BCUT2D eigenvalue weighted by Gasteiger charge is -2.13. The molecular formula is C52H33N3O. The highest BCUT2D eigenvalue weighted by Crippen LogP contribution is 2.40. The lowest BCUT2D eigenvalue weighted by atomic mass is 9.99. The van der Waals surface area contributed by atoms with Gasteiger partial charge in [0.2, 0.25) is 0 Å². The fourth-order valence-electron chi connectivity index (χ4n) is 8.19. The van der Waals surface area contributed by atoms with Crippen molar-refractivity contribution in [3.8, 4) is 61.8 Å². The number of aromatic nitrogens is 3. The Morgan fingerprint density at radius 2 is 0.982 bits per heavy atom. The van der Waals surface area contributed by atoms with Crippen LogP contribution in [0.1, 0.15) is 0 Å². The molecule has 0 spiro atoms. The van der Waals surface area contributed by atoms with E-state index in [0.29, 0.717) is 5.82 Å². The zero-order chi connectivity index (χ0) is 37.0. The molecular weight excluding hydrogens is 683 g/mol. The smallest absolute Gasteiger partial charge is 0.160 e. The monoisotopic (exact) mass is 715 g/mol. The third-order valence-corrected chi connectivity index (χ3v) is 10.8. The third kappa shape index (κ3) is 5.39. The molecule has 4 nitrogen and oxygen atoms in total. The molecule has 0 bridgehead atoms. The molecule has 0 radical (unpaired) electrons. The summed E-state index contributed by atoms with van der Waals surface area (Å²) in [5.74, 6) is 0.678. The van der Waals surface area contributed by atoms with Gasteiger partial charge < -0.3 is 8.98 Å². The number of benzene rings is 8. The van der Waals surface area contributed by atoms with Crippen LogP contribution in [0.5, 0.6) is 0 Å². The van der Waals surface area contributed by atoms with Gasteiger partial charge in [-0.1, -0.05) is 152 Å². The van der Waals surface area contributed by atoms with Gasteiger partial charge in [0.25, 0.3) is 0 Å². The Labute approximate surface area is 323 Å². The van der Waals surface area contributed by atoms with Crippen LogP contribution in [-0.2, 0) is 0 Å². The SMILES string of the molecule is c1ccc(-c2cccc(-c3cc(-c4ccccc4)nc(-c4ccc5c6ccccc6n(-c6cccc(-c7cccc8oc9ccccc9c78)c6)c5c4)n3)c2)cc1. The van der Waals surface area contributed by atoms with Gasteiger partial charge in [-0.3, -0.25) is 0 Å². The first-order chi connectivity index (χ1) is 27.7. The Balaban J connectivity index is 1.09. The predicted molar refractivity (Wildman–Crippen MR) is 231 cm³/mol. The summed E-state index contributed by atoms with van der Waals surface area (Å²) in [5.41, 5.74) is 14.5. The Morgan fingerprint density at radius 1 is 0.357 bits per heavy atom. The second kappa shape index (κ2) is 13.1. The van der Waals surface area contributed by atoms with Crippen LogP contribution in [0.4, 0.5) is 0 Å². The Morgan fingerprint density at radius 3 is 1.84 bits per heavy atom. The summed E-state index contributed by atoms with van der Waals surface area (Å²) in [6, 6.07) is 70.3. The largest absolute Gasteiger partial charge is 0.456 e. The van der Waals surface area contributed by atoms with Gasteiger partial charge in [-0.15, -0.1) is 0 Å². The molecule has 11 rings (SSSR count). The average Bonchev–Trinajstić information content (AvgIpc) is 3.83. The van der Waals surface area contributed by atoms with E-state index < -0.39 is 0 Å². The topological polar surface area (TPSA) is 43.9 Å². The van der Waals surface area contributed by atoms with E-state index in [1.807, 2.05) is 24.3 Å². The van der Waals surface area contributed by atoms with Crippen molar-refractivity contribution in [1.29, 1.82) is 0 Å². The van der Waals surface area contributed by atoms with Crippen LogP contribution in [0.3, 0.4) is 0 Å². The number of rotatable bonds is 6. The van der Waals surface area contributed by atoms with Gasteiger partial charge in [0.15, 0.2) is 5.82 Å². The lowest BCUT2D eigenvalue weighted by molar-refractivity contribution is 0.669. The van der Waals surface area contributed by atoms with Crippen LogP contribution in [0.25, 0.3) is 106 Å². The van der Waals surface area contributed by atoms with Crippen LogP contribution >= 0.6 is 0 Å². The highest BCUT2D eigenvalue weighted by molar-refractivity contribution is 6.13. The van der Waals surface area contributed by atoms with Gasteiger partial charge in [-0.25, -0.2) is 9.97 Å².